The third kappa shape index (κ3) is 1.80. The lowest BCUT2D eigenvalue weighted by atomic mass is 10.1. The zero-order chi connectivity index (χ0) is 9.97. The van der Waals surface area contributed by atoms with E-state index in [-0.39, 0.29) is 0 Å². The summed E-state index contributed by atoms with van der Waals surface area (Å²) in [6.45, 7) is 0. The molecular formula is C8H7BrN4O. The summed E-state index contributed by atoms with van der Waals surface area (Å²) < 4.78 is 5.48. The van der Waals surface area contributed by atoms with Crippen LogP contribution in [0.3, 0.4) is 0 Å². The smallest absolute Gasteiger partial charge is 0.213 e. The van der Waals surface area contributed by atoms with Gasteiger partial charge in [0.15, 0.2) is 5.82 Å². The summed E-state index contributed by atoms with van der Waals surface area (Å²) in [6.07, 6.45) is 4.61. The molecule has 0 aliphatic heterocycles. The lowest BCUT2D eigenvalue weighted by molar-refractivity contribution is 0.407. The zero-order valence-electron chi connectivity index (χ0n) is 7.09. The zero-order valence-corrected chi connectivity index (χ0v) is 8.68. The summed E-state index contributed by atoms with van der Waals surface area (Å²) >= 11 is 3.31. The SMILES string of the molecule is NC(c1cncc(Br)c1)c1ncon1. The standard InChI is InChI=1S/C8H7BrN4O/c9-6-1-5(2-11-3-6)7(10)8-12-4-14-13-8/h1-4,7H,10H2. The van der Waals surface area contributed by atoms with E-state index in [0.717, 1.165) is 10.0 Å². The first-order valence-corrected chi connectivity index (χ1v) is 4.69. The first-order chi connectivity index (χ1) is 6.77. The molecule has 0 bridgehead atoms. The summed E-state index contributed by atoms with van der Waals surface area (Å²) in [6, 6.07) is 1.47. The van der Waals surface area contributed by atoms with Gasteiger partial charge in [0, 0.05) is 16.9 Å². The van der Waals surface area contributed by atoms with Crippen LogP contribution in [0.4, 0.5) is 0 Å². The molecule has 2 rings (SSSR count). The molecule has 2 N–H and O–H groups in total. The maximum atomic E-state index is 5.88. The van der Waals surface area contributed by atoms with E-state index in [1.807, 2.05) is 6.07 Å². The van der Waals surface area contributed by atoms with E-state index >= 15 is 0 Å². The van der Waals surface area contributed by atoms with Gasteiger partial charge in [-0.15, -0.1) is 0 Å². The Kier molecular flexibility index (Phi) is 2.55. The van der Waals surface area contributed by atoms with Crippen LogP contribution in [0.1, 0.15) is 17.4 Å². The number of hydrogen-bond donors (Lipinski definition) is 1. The highest BCUT2D eigenvalue weighted by atomic mass is 79.9. The van der Waals surface area contributed by atoms with Crippen LogP contribution in [0, 0.1) is 0 Å². The summed E-state index contributed by atoms with van der Waals surface area (Å²) in [4.78, 5) is 7.88. The van der Waals surface area contributed by atoms with Crippen molar-refractivity contribution in [2.45, 2.75) is 6.04 Å². The molecular weight excluding hydrogens is 248 g/mol. The van der Waals surface area contributed by atoms with Crippen LogP contribution in [-0.2, 0) is 0 Å². The van der Waals surface area contributed by atoms with Gasteiger partial charge in [-0.25, -0.2) is 0 Å². The van der Waals surface area contributed by atoms with Gasteiger partial charge < -0.3 is 10.3 Å². The fourth-order valence-electron chi connectivity index (χ4n) is 1.06. The third-order valence-corrected chi connectivity index (χ3v) is 2.18. The molecule has 0 radical (unpaired) electrons. The van der Waals surface area contributed by atoms with Gasteiger partial charge in [-0.1, -0.05) is 5.16 Å². The monoisotopic (exact) mass is 254 g/mol. The van der Waals surface area contributed by atoms with Crippen LogP contribution in [0.2, 0.25) is 0 Å². The second-order valence-corrected chi connectivity index (χ2v) is 3.62. The Morgan fingerprint density at radius 1 is 1.43 bits per heavy atom. The molecule has 0 aromatic carbocycles. The fraction of sp³-hybridized carbons (Fsp3) is 0.125. The molecule has 5 nitrogen and oxygen atoms in total. The van der Waals surface area contributed by atoms with Gasteiger partial charge in [-0.2, -0.15) is 4.98 Å². The molecule has 0 aliphatic rings. The Morgan fingerprint density at radius 3 is 2.93 bits per heavy atom. The summed E-state index contributed by atoms with van der Waals surface area (Å²) in [5.41, 5.74) is 6.72. The Morgan fingerprint density at radius 2 is 2.29 bits per heavy atom. The van der Waals surface area contributed by atoms with Crippen molar-refractivity contribution in [3.63, 3.8) is 0 Å². The summed E-state index contributed by atoms with van der Waals surface area (Å²) in [5.74, 6) is 0.449. The number of pyridine rings is 1. The van der Waals surface area contributed by atoms with Gasteiger partial charge in [0.05, 0.1) is 6.04 Å². The highest BCUT2D eigenvalue weighted by Gasteiger charge is 2.13. The van der Waals surface area contributed by atoms with Gasteiger partial charge in [0.1, 0.15) is 0 Å². The molecule has 72 valence electrons. The van der Waals surface area contributed by atoms with Crippen molar-refractivity contribution >= 4 is 15.9 Å². The maximum absolute atomic E-state index is 5.88. The molecule has 1 atom stereocenters. The minimum atomic E-state index is -0.404. The first-order valence-electron chi connectivity index (χ1n) is 3.89. The quantitative estimate of drug-likeness (QED) is 0.874. The number of hydrogen-bond acceptors (Lipinski definition) is 5. The molecule has 0 saturated heterocycles. The molecule has 2 heterocycles. The number of rotatable bonds is 2. The van der Waals surface area contributed by atoms with Crippen molar-refractivity contribution < 1.29 is 4.52 Å². The van der Waals surface area contributed by atoms with Crippen LogP contribution in [0.5, 0.6) is 0 Å². The Hall–Kier alpha value is -1.27. The number of nitrogens with two attached hydrogens (primary N) is 1. The van der Waals surface area contributed by atoms with E-state index in [1.165, 1.54) is 6.39 Å². The van der Waals surface area contributed by atoms with E-state index in [9.17, 15) is 0 Å². The third-order valence-electron chi connectivity index (χ3n) is 1.74. The number of aromatic nitrogens is 3. The average Bonchev–Trinajstić information content (AvgIpc) is 2.69. The molecule has 2 aromatic rings. The maximum Gasteiger partial charge on any atom is 0.213 e. The van der Waals surface area contributed by atoms with Crippen LogP contribution < -0.4 is 5.73 Å². The fourth-order valence-corrected chi connectivity index (χ4v) is 1.45. The van der Waals surface area contributed by atoms with Crippen molar-refractivity contribution in [2.24, 2.45) is 5.73 Å². The lowest BCUT2D eigenvalue weighted by Gasteiger charge is -2.06. The lowest BCUT2D eigenvalue weighted by Crippen LogP contribution is -2.13. The van der Waals surface area contributed by atoms with Crippen LogP contribution in [0.25, 0.3) is 0 Å². The Bertz CT molecular complexity index is 417. The molecule has 6 heteroatoms. The first kappa shape index (κ1) is 9.29. The molecule has 0 saturated carbocycles. The normalized spacial score (nSPS) is 12.7. The minimum absolute atomic E-state index is 0.404. The predicted molar refractivity (Wildman–Crippen MR) is 52.3 cm³/mol. The molecule has 2 aromatic heterocycles. The van der Waals surface area contributed by atoms with Crippen molar-refractivity contribution in [3.8, 4) is 0 Å². The van der Waals surface area contributed by atoms with E-state index in [2.05, 4.69) is 35.6 Å². The van der Waals surface area contributed by atoms with Gasteiger partial charge in [-0.3, -0.25) is 4.98 Å². The van der Waals surface area contributed by atoms with Gasteiger partial charge in [0.25, 0.3) is 0 Å². The average molecular weight is 255 g/mol. The topological polar surface area (TPSA) is 77.8 Å². The van der Waals surface area contributed by atoms with Crippen molar-refractivity contribution in [1.29, 1.82) is 0 Å². The van der Waals surface area contributed by atoms with Crippen LogP contribution in [0.15, 0.2) is 33.8 Å². The highest BCUT2D eigenvalue weighted by Crippen LogP contribution is 2.18. The number of halogens is 1. The van der Waals surface area contributed by atoms with Gasteiger partial charge in [-0.05, 0) is 27.6 Å². The van der Waals surface area contributed by atoms with E-state index < -0.39 is 6.04 Å². The van der Waals surface area contributed by atoms with E-state index in [4.69, 9.17) is 5.73 Å². The van der Waals surface area contributed by atoms with Gasteiger partial charge >= 0.3 is 0 Å². The largest absolute Gasteiger partial charge is 0.343 e. The molecule has 0 amide bonds. The molecule has 0 aliphatic carbocycles. The second-order valence-electron chi connectivity index (χ2n) is 2.70. The van der Waals surface area contributed by atoms with E-state index in [0.29, 0.717) is 5.82 Å². The highest BCUT2D eigenvalue weighted by molar-refractivity contribution is 9.10. The second kappa shape index (κ2) is 3.85. The molecule has 1 unspecified atom stereocenters. The van der Waals surface area contributed by atoms with Crippen molar-refractivity contribution in [1.82, 2.24) is 15.1 Å². The Labute approximate surface area is 88.5 Å². The molecule has 0 spiro atoms. The summed E-state index contributed by atoms with van der Waals surface area (Å²) in [7, 11) is 0. The van der Waals surface area contributed by atoms with Crippen molar-refractivity contribution in [3.05, 3.63) is 40.7 Å². The molecule has 14 heavy (non-hydrogen) atoms. The Balaban J connectivity index is 2.32. The van der Waals surface area contributed by atoms with Crippen LogP contribution in [-0.4, -0.2) is 15.1 Å². The predicted octanol–water partition coefficient (Wildman–Crippen LogP) is 1.28. The minimum Gasteiger partial charge on any atom is -0.343 e. The van der Waals surface area contributed by atoms with E-state index in [1.54, 1.807) is 12.4 Å². The van der Waals surface area contributed by atoms with Crippen molar-refractivity contribution in [2.75, 3.05) is 0 Å². The van der Waals surface area contributed by atoms with Gasteiger partial charge in [0.2, 0.25) is 6.39 Å². The number of nitrogens with zero attached hydrogens (tertiary/aromatic N) is 3. The molecule has 0 fully saturated rings. The summed E-state index contributed by atoms with van der Waals surface area (Å²) in [5, 5.41) is 3.67. The van der Waals surface area contributed by atoms with Crippen LogP contribution >= 0.6 is 15.9 Å².